The molecule has 0 saturated carbocycles. The molecule has 0 aromatic heterocycles. The Bertz CT molecular complexity index is 505. The molecule has 1 saturated heterocycles. The third-order valence-corrected chi connectivity index (χ3v) is 4.43. The molecule has 22 heavy (non-hydrogen) atoms. The summed E-state index contributed by atoms with van der Waals surface area (Å²) in [6, 6.07) is 8.80. The number of carboxylic acid groups (broad SMARTS) is 1. The van der Waals surface area contributed by atoms with Crippen LogP contribution in [0.25, 0.3) is 0 Å². The molecule has 2 rings (SSSR count). The topological polar surface area (TPSA) is 66.6 Å². The van der Waals surface area contributed by atoms with Crippen molar-refractivity contribution >= 4 is 11.7 Å². The highest BCUT2D eigenvalue weighted by Gasteiger charge is 2.26. The van der Waals surface area contributed by atoms with Gasteiger partial charge in [0.25, 0.3) is 0 Å². The number of rotatable bonds is 4. The number of hydrogen-bond donors (Lipinski definition) is 2. The second-order valence-corrected chi connectivity index (χ2v) is 7.50. The number of carboxylic acids is 1. The summed E-state index contributed by atoms with van der Waals surface area (Å²) in [5.74, 6) is -0.359. The second kappa shape index (κ2) is 6.69. The van der Waals surface area contributed by atoms with E-state index in [1.807, 2.05) is 0 Å². The predicted molar refractivity (Wildman–Crippen MR) is 90.3 cm³/mol. The van der Waals surface area contributed by atoms with Crippen LogP contribution in [0.3, 0.4) is 0 Å². The van der Waals surface area contributed by atoms with E-state index in [-0.39, 0.29) is 17.9 Å². The predicted octanol–water partition coefficient (Wildman–Crippen LogP) is 3.00. The van der Waals surface area contributed by atoms with E-state index < -0.39 is 5.97 Å². The first-order valence-electron chi connectivity index (χ1n) is 8.08. The van der Waals surface area contributed by atoms with Gasteiger partial charge in [-0.25, -0.2) is 0 Å². The molecule has 4 nitrogen and oxygen atoms in total. The first kappa shape index (κ1) is 16.8. The summed E-state index contributed by atoms with van der Waals surface area (Å²) in [5.41, 5.74) is 8.83. The zero-order valence-corrected chi connectivity index (χ0v) is 13.9. The van der Waals surface area contributed by atoms with E-state index >= 15 is 0 Å². The monoisotopic (exact) mass is 304 g/mol. The molecule has 1 aliphatic rings. The van der Waals surface area contributed by atoms with Crippen LogP contribution >= 0.6 is 0 Å². The highest BCUT2D eigenvalue weighted by Crippen LogP contribution is 2.28. The summed E-state index contributed by atoms with van der Waals surface area (Å²) in [6.45, 7) is 8.37. The van der Waals surface area contributed by atoms with Crippen molar-refractivity contribution in [3.05, 3.63) is 29.8 Å². The lowest BCUT2D eigenvalue weighted by Gasteiger charge is -2.38. The Kier molecular flexibility index (Phi) is 5.12. The lowest BCUT2D eigenvalue weighted by atomic mass is 9.86. The average molecular weight is 304 g/mol. The molecular formula is C18H28N2O2. The van der Waals surface area contributed by atoms with Crippen LogP contribution in [0.2, 0.25) is 0 Å². The van der Waals surface area contributed by atoms with Gasteiger partial charge in [0.15, 0.2) is 0 Å². The molecule has 122 valence electrons. The van der Waals surface area contributed by atoms with Gasteiger partial charge in [0.1, 0.15) is 0 Å². The standard InChI is InChI=1S/C18H28N2O2/c1-18(2,3)14-5-7-16(8-6-14)20-11-13(4-9-17(21)22)10-15(19)12-20/h5-8,13,15H,4,9-12,19H2,1-3H3,(H,21,22). The molecule has 2 unspecified atom stereocenters. The largest absolute Gasteiger partial charge is 0.481 e. The molecule has 1 aromatic rings. The summed E-state index contributed by atoms with van der Waals surface area (Å²) in [5, 5.41) is 8.85. The number of nitrogens with zero attached hydrogens (tertiary/aromatic N) is 1. The molecule has 4 heteroatoms. The number of hydrogen-bond acceptors (Lipinski definition) is 3. The minimum absolute atomic E-state index is 0.120. The lowest BCUT2D eigenvalue weighted by molar-refractivity contribution is -0.137. The Balaban J connectivity index is 2.05. The van der Waals surface area contributed by atoms with Crippen LogP contribution < -0.4 is 10.6 Å². The molecule has 1 aliphatic heterocycles. The minimum atomic E-state index is -0.722. The Hall–Kier alpha value is -1.55. The average Bonchev–Trinajstić information content (AvgIpc) is 2.44. The van der Waals surface area contributed by atoms with E-state index in [0.717, 1.165) is 19.5 Å². The van der Waals surface area contributed by atoms with Gasteiger partial charge in [-0.3, -0.25) is 4.79 Å². The molecule has 1 fully saturated rings. The van der Waals surface area contributed by atoms with Gasteiger partial charge >= 0.3 is 5.97 Å². The number of anilines is 1. The van der Waals surface area contributed by atoms with Crippen LogP contribution in [0, 0.1) is 5.92 Å². The summed E-state index contributed by atoms with van der Waals surface area (Å²) in [4.78, 5) is 13.1. The highest BCUT2D eigenvalue weighted by molar-refractivity contribution is 5.66. The first-order valence-corrected chi connectivity index (χ1v) is 8.08. The molecule has 1 heterocycles. The smallest absolute Gasteiger partial charge is 0.303 e. The zero-order chi connectivity index (χ0) is 16.3. The van der Waals surface area contributed by atoms with Crippen molar-refractivity contribution in [1.29, 1.82) is 0 Å². The lowest BCUT2D eigenvalue weighted by Crippen LogP contribution is -2.47. The molecule has 0 aliphatic carbocycles. The van der Waals surface area contributed by atoms with Crippen LogP contribution in [-0.2, 0) is 10.2 Å². The van der Waals surface area contributed by atoms with E-state index in [9.17, 15) is 4.79 Å². The van der Waals surface area contributed by atoms with E-state index in [4.69, 9.17) is 10.8 Å². The fourth-order valence-electron chi connectivity index (χ4n) is 3.17. The number of carbonyl (C=O) groups is 1. The van der Waals surface area contributed by atoms with Gasteiger partial charge in [0.05, 0.1) is 0 Å². The highest BCUT2D eigenvalue weighted by atomic mass is 16.4. The fraction of sp³-hybridized carbons (Fsp3) is 0.611. The third kappa shape index (κ3) is 4.47. The fourth-order valence-corrected chi connectivity index (χ4v) is 3.17. The molecule has 1 aromatic carbocycles. The van der Waals surface area contributed by atoms with E-state index in [2.05, 4.69) is 49.9 Å². The number of benzene rings is 1. The third-order valence-electron chi connectivity index (χ3n) is 4.43. The maximum absolute atomic E-state index is 10.8. The van der Waals surface area contributed by atoms with Gasteiger partial charge in [-0.15, -0.1) is 0 Å². The van der Waals surface area contributed by atoms with E-state index in [1.165, 1.54) is 11.3 Å². The van der Waals surface area contributed by atoms with E-state index in [0.29, 0.717) is 12.3 Å². The van der Waals surface area contributed by atoms with Gasteiger partial charge in [-0.05, 0) is 41.9 Å². The van der Waals surface area contributed by atoms with Crippen molar-refractivity contribution < 1.29 is 9.90 Å². The normalized spacial score (nSPS) is 22.6. The quantitative estimate of drug-likeness (QED) is 0.897. The molecule has 0 radical (unpaired) electrons. The van der Waals surface area contributed by atoms with Gasteiger partial charge in [0, 0.05) is 31.2 Å². The SMILES string of the molecule is CC(C)(C)c1ccc(N2CC(N)CC(CCC(=O)O)C2)cc1. The molecule has 0 bridgehead atoms. The first-order chi connectivity index (χ1) is 10.3. The van der Waals surface area contributed by atoms with Crippen molar-refractivity contribution in [3.8, 4) is 0 Å². The van der Waals surface area contributed by atoms with Crippen LogP contribution in [0.1, 0.15) is 45.6 Å². The van der Waals surface area contributed by atoms with Crippen LogP contribution in [0.5, 0.6) is 0 Å². The van der Waals surface area contributed by atoms with Crippen molar-refractivity contribution in [1.82, 2.24) is 0 Å². The zero-order valence-electron chi connectivity index (χ0n) is 13.9. The maximum atomic E-state index is 10.8. The molecule has 0 spiro atoms. The van der Waals surface area contributed by atoms with Crippen molar-refractivity contribution in [2.45, 2.75) is 51.5 Å². The van der Waals surface area contributed by atoms with Gasteiger partial charge in [-0.1, -0.05) is 32.9 Å². The van der Waals surface area contributed by atoms with Gasteiger partial charge in [0.2, 0.25) is 0 Å². The Labute approximate surface area is 133 Å². The number of aliphatic carboxylic acids is 1. The molecule has 3 N–H and O–H groups in total. The summed E-state index contributed by atoms with van der Waals surface area (Å²) in [6.07, 6.45) is 1.86. The number of piperidine rings is 1. The van der Waals surface area contributed by atoms with Crippen molar-refractivity contribution in [2.24, 2.45) is 11.7 Å². The number of nitrogens with two attached hydrogens (primary N) is 1. The van der Waals surface area contributed by atoms with Crippen LogP contribution in [0.4, 0.5) is 5.69 Å². The van der Waals surface area contributed by atoms with Crippen LogP contribution in [-0.4, -0.2) is 30.2 Å². The van der Waals surface area contributed by atoms with Gasteiger partial charge < -0.3 is 15.7 Å². The molecule has 0 amide bonds. The van der Waals surface area contributed by atoms with Crippen molar-refractivity contribution in [2.75, 3.05) is 18.0 Å². The van der Waals surface area contributed by atoms with E-state index in [1.54, 1.807) is 0 Å². The Morgan fingerprint density at radius 1 is 1.27 bits per heavy atom. The summed E-state index contributed by atoms with van der Waals surface area (Å²) < 4.78 is 0. The molecular weight excluding hydrogens is 276 g/mol. The van der Waals surface area contributed by atoms with Crippen molar-refractivity contribution in [3.63, 3.8) is 0 Å². The minimum Gasteiger partial charge on any atom is -0.481 e. The van der Waals surface area contributed by atoms with Gasteiger partial charge in [-0.2, -0.15) is 0 Å². The summed E-state index contributed by atoms with van der Waals surface area (Å²) >= 11 is 0. The Morgan fingerprint density at radius 3 is 2.45 bits per heavy atom. The maximum Gasteiger partial charge on any atom is 0.303 e. The molecule has 2 atom stereocenters. The van der Waals surface area contributed by atoms with Crippen LogP contribution in [0.15, 0.2) is 24.3 Å². The summed E-state index contributed by atoms with van der Waals surface area (Å²) in [7, 11) is 0. The Morgan fingerprint density at radius 2 is 1.91 bits per heavy atom. The second-order valence-electron chi connectivity index (χ2n) is 7.50.